The lowest BCUT2D eigenvalue weighted by Crippen LogP contribution is -2.53. The SMILES string of the molecule is COC(Cc1ccccc1)(NC(=O)c1cccnc1N=Cc1ccncc1)OC. The van der Waals surface area contributed by atoms with Gasteiger partial charge in [-0.25, -0.2) is 9.98 Å². The molecule has 2 heterocycles. The molecule has 2 aromatic heterocycles. The predicted molar refractivity (Wildman–Crippen MR) is 110 cm³/mol. The highest BCUT2D eigenvalue weighted by Crippen LogP contribution is 2.20. The number of hydrogen-bond acceptors (Lipinski definition) is 6. The van der Waals surface area contributed by atoms with Crippen molar-refractivity contribution < 1.29 is 14.3 Å². The van der Waals surface area contributed by atoms with Gasteiger partial charge in [0.1, 0.15) is 0 Å². The van der Waals surface area contributed by atoms with Gasteiger partial charge in [0.2, 0.25) is 0 Å². The Morgan fingerprint density at radius 1 is 1.03 bits per heavy atom. The largest absolute Gasteiger partial charge is 0.336 e. The van der Waals surface area contributed by atoms with Gasteiger partial charge in [-0.1, -0.05) is 30.3 Å². The lowest BCUT2D eigenvalue weighted by atomic mass is 10.1. The average Bonchev–Trinajstić information content (AvgIpc) is 2.78. The molecule has 0 aliphatic rings. The van der Waals surface area contributed by atoms with Crippen molar-refractivity contribution in [3.8, 4) is 0 Å². The van der Waals surface area contributed by atoms with Crippen molar-refractivity contribution in [2.24, 2.45) is 4.99 Å². The van der Waals surface area contributed by atoms with Gasteiger partial charge < -0.3 is 14.8 Å². The van der Waals surface area contributed by atoms with E-state index in [1.54, 1.807) is 36.9 Å². The van der Waals surface area contributed by atoms with Crippen molar-refractivity contribution in [3.63, 3.8) is 0 Å². The highest BCUT2D eigenvalue weighted by atomic mass is 16.7. The second-order valence-corrected chi connectivity index (χ2v) is 6.19. The number of hydrogen-bond donors (Lipinski definition) is 1. The number of aromatic nitrogens is 2. The number of benzene rings is 1. The molecule has 0 saturated carbocycles. The molecule has 3 aromatic rings. The van der Waals surface area contributed by atoms with Crippen LogP contribution < -0.4 is 5.32 Å². The van der Waals surface area contributed by atoms with Crippen LogP contribution in [0.1, 0.15) is 21.5 Å². The first-order chi connectivity index (χ1) is 14.2. The van der Waals surface area contributed by atoms with Gasteiger partial charge in [0.05, 0.1) is 5.56 Å². The highest BCUT2D eigenvalue weighted by Gasteiger charge is 2.33. The van der Waals surface area contributed by atoms with E-state index < -0.39 is 11.8 Å². The topological polar surface area (TPSA) is 85.7 Å². The molecule has 0 radical (unpaired) electrons. The van der Waals surface area contributed by atoms with Crippen LogP contribution in [0.25, 0.3) is 0 Å². The van der Waals surface area contributed by atoms with Gasteiger partial charge in [-0.2, -0.15) is 0 Å². The number of aliphatic imine (C=N–C) groups is 1. The van der Waals surface area contributed by atoms with Crippen molar-refractivity contribution in [3.05, 3.63) is 89.9 Å². The minimum atomic E-state index is -1.32. The predicted octanol–water partition coefficient (Wildman–Crippen LogP) is 3.15. The van der Waals surface area contributed by atoms with Crippen LogP contribution in [0.3, 0.4) is 0 Å². The quantitative estimate of drug-likeness (QED) is 0.472. The van der Waals surface area contributed by atoms with Gasteiger partial charge >= 0.3 is 0 Å². The van der Waals surface area contributed by atoms with Gasteiger partial charge in [0.15, 0.2) is 5.82 Å². The van der Waals surface area contributed by atoms with Crippen molar-refractivity contribution >= 4 is 17.9 Å². The maximum Gasteiger partial charge on any atom is 0.259 e. The lowest BCUT2D eigenvalue weighted by molar-refractivity contribution is -0.218. The third kappa shape index (κ3) is 5.31. The number of pyridine rings is 2. The molecule has 0 unspecified atom stereocenters. The summed E-state index contributed by atoms with van der Waals surface area (Å²) < 4.78 is 11.1. The number of nitrogens with one attached hydrogen (secondary N) is 1. The van der Waals surface area contributed by atoms with Crippen molar-refractivity contribution in [1.82, 2.24) is 15.3 Å². The minimum Gasteiger partial charge on any atom is -0.336 e. The van der Waals surface area contributed by atoms with Crippen LogP contribution in [-0.2, 0) is 15.9 Å². The summed E-state index contributed by atoms with van der Waals surface area (Å²) in [5, 5.41) is 2.83. The number of nitrogens with zero attached hydrogens (tertiary/aromatic N) is 3. The van der Waals surface area contributed by atoms with E-state index in [4.69, 9.17) is 9.47 Å². The Hall–Kier alpha value is -3.42. The van der Waals surface area contributed by atoms with Gasteiger partial charge in [-0.05, 0) is 35.4 Å². The van der Waals surface area contributed by atoms with Crippen molar-refractivity contribution in [2.75, 3.05) is 14.2 Å². The Morgan fingerprint density at radius 2 is 1.76 bits per heavy atom. The zero-order chi connectivity index (χ0) is 20.5. The first kappa shape index (κ1) is 20.3. The standard InChI is InChI=1S/C22H22N4O3/c1-28-22(29-2,15-17-7-4-3-5-8-17)26-21(27)19-9-6-12-24-20(19)25-16-18-10-13-23-14-11-18/h3-14,16H,15H2,1-2H3,(H,26,27). The zero-order valence-corrected chi connectivity index (χ0v) is 16.3. The summed E-state index contributed by atoms with van der Waals surface area (Å²) in [4.78, 5) is 25.6. The zero-order valence-electron chi connectivity index (χ0n) is 16.3. The van der Waals surface area contributed by atoms with Crippen LogP contribution in [0.2, 0.25) is 0 Å². The molecule has 148 valence electrons. The molecular weight excluding hydrogens is 368 g/mol. The number of carbonyl (C=O) groups excluding carboxylic acids is 1. The van der Waals surface area contributed by atoms with Crippen LogP contribution in [0.5, 0.6) is 0 Å². The van der Waals surface area contributed by atoms with E-state index in [0.717, 1.165) is 11.1 Å². The van der Waals surface area contributed by atoms with Crippen molar-refractivity contribution in [1.29, 1.82) is 0 Å². The maximum absolute atomic E-state index is 13.0. The molecule has 7 nitrogen and oxygen atoms in total. The number of rotatable bonds is 8. The smallest absolute Gasteiger partial charge is 0.259 e. The fourth-order valence-corrected chi connectivity index (χ4v) is 2.74. The third-order valence-corrected chi connectivity index (χ3v) is 4.32. The second kappa shape index (κ2) is 9.68. The molecule has 29 heavy (non-hydrogen) atoms. The number of methoxy groups -OCH3 is 2. The molecule has 1 N–H and O–H groups in total. The summed E-state index contributed by atoms with van der Waals surface area (Å²) in [6, 6.07) is 16.6. The summed E-state index contributed by atoms with van der Waals surface area (Å²) >= 11 is 0. The molecule has 7 heteroatoms. The highest BCUT2D eigenvalue weighted by molar-refractivity contribution is 5.99. The van der Waals surface area contributed by atoms with E-state index in [2.05, 4.69) is 20.3 Å². The summed E-state index contributed by atoms with van der Waals surface area (Å²) in [5.41, 5.74) is 2.12. The van der Waals surface area contributed by atoms with E-state index in [1.807, 2.05) is 42.5 Å². The molecule has 0 fully saturated rings. The Labute approximate surface area is 169 Å². The Kier molecular flexibility index (Phi) is 6.78. The van der Waals surface area contributed by atoms with Crippen LogP contribution >= 0.6 is 0 Å². The van der Waals surface area contributed by atoms with Crippen LogP contribution in [-0.4, -0.2) is 42.2 Å². The molecular formula is C22H22N4O3. The Morgan fingerprint density at radius 3 is 2.45 bits per heavy atom. The fraction of sp³-hybridized carbons (Fsp3) is 0.182. The monoisotopic (exact) mass is 390 g/mol. The van der Waals surface area contributed by atoms with Gasteiger partial charge in [0.25, 0.3) is 11.8 Å². The van der Waals surface area contributed by atoms with E-state index in [-0.39, 0.29) is 0 Å². The summed E-state index contributed by atoms with van der Waals surface area (Å²) in [6.07, 6.45) is 6.89. The normalized spacial score (nSPS) is 11.5. The molecule has 0 atom stereocenters. The van der Waals surface area contributed by atoms with E-state index in [1.165, 1.54) is 14.2 Å². The van der Waals surface area contributed by atoms with E-state index in [9.17, 15) is 4.79 Å². The van der Waals surface area contributed by atoms with E-state index >= 15 is 0 Å². The number of carbonyl (C=O) groups is 1. The molecule has 0 saturated heterocycles. The maximum atomic E-state index is 13.0. The van der Waals surface area contributed by atoms with Gasteiger partial charge in [0, 0.05) is 45.4 Å². The minimum absolute atomic E-state index is 0.294. The summed E-state index contributed by atoms with van der Waals surface area (Å²) in [5.74, 6) is -1.43. The first-order valence-corrected chi connectivity index (χ1v) is 9.01. The number of ether oxygens (including phenoxy) is 2. The summed E-state index contributed by atoms with van der Waals surface area (Å²) in [7, 11) is 2.97. The third-order valence-electron chi connectivity index (χ3n) is 4.32. The second-order valence-electron chi connectivity index (χ2n) is 6.19. The molecule has 1 aromatic carbocycles. The van der Waals surface area contributed by atoms with Gasteiger partial charge in [-0.15, -0.1) is 0 Å². The van der Waals surface area contributed by atoms with Crippen molar-refractivity contribution in [2.45, 2.75) is 12.3 Å². The number of amides is 1. The molecule has 1 amide bonds. The molecule has 0 aliphatic heterocycles. The Bertz CT molecular complexity index is 958. The Balaban J connectivity index is 1.83. The van der Waals surface area contributed by atoms with Crippen LogP contribution in [0.15, 0.2) is 78.2 Å². The molecule has 0 bridgehead atoms. The van der Waals surface area contributed by atoms with E-state index in [0.29, 0.717) is 17.8 Å². The average molecular weight is 390 g/mol. The lowest BCUT2D eigenvalue weighted by Gasteiger charge is -2.31. The molecule has 0 spiro atoms. The van der Waals surface area contributed by atoms with Crippen LogP contribution in [0.4, 0.5) is 5.82 Å². The van der Waals surface area contributed by atoms with Crippen LogP contribution in [0, 0.1) is 0 Å². The van der Waals surface area contributed by atoms with Gasteiger partial charge in [-0.3, -0.25) is 9.78 Å². The summed E-state index contributed by atoms with van der Waals surface area (Å²) in [6.45, 7) is 0. The molecule has 0 aliphatic carbocycles. The first-order valence-electron chi connectivity index (χ1n) is 9.01. The fourth-order valence-electron chi connectivity index (χ4n) is 2.74. The molecule has 3 rings (SSSR count).